The SMILES string of the molecule is CC(C)NCc1nc(OCc2cccc(Cl)c2)ccc1Cl. The number of nitrogens with zero attached hydrogens (tertiary/aromatic N) is 1. The molecule has 0 radical (unpaired) electrons. The molecule has 0 unspecified atom stereocenters. The van der Waals surface area contributed by atoms with Crippen LogP contribution in [0.15, 0.2) is 36.4 Å². The molecular weight excluding hydrogens is 307 g/mol. The second-order valence-corrected chi connectivity index (χ2v) is 5.88. The molecule has 2 aromatic rings. The van der Waals surface area contributed by atoms with Gasteiger partial charge in [-0.2, -0.15) is 0 Å². The summed E-state index contributed by atoms with van der Waals surface area (Å²) in [6, 6.07) is 11.5. The minimum Gasteiger partial charge on any atom is -0.473 e. The molecule has 3 nitrogen and oxygen atoms in total. The molecule has 0 amide bonds. The third kappa shape index (κ3) is 5.20. The Morgan fingerprint density at radius 2 is 2.00 bits per heavy atom. The summed E-state index contributed by atoms with van der Waals surface area (Å²) in [6.07, 6.45) is 0. The van der Waals surface area contributed by atoms with E-state index in [1.807, 2.05) is 24.3 Å². The zero-order valence-electron chi connectivity index (χ0n) is 12.1. The van der Waals surface area contributed by atoms with Crippen LogP contribution < -0.4 is 10.1 Å². The number of hydrogen-bond donors (Lipinski definition) is 1. The van der Waals surface area contributed by atoms with Crippen molar-refractivity contribution in [2.75, 3.05) is 0 Å². The number of ether oxygens (including phenoxy) is 1. The van der Waals surface area contributed by atoms with Crippen LogP contribution in [0.4, 0.5) is 0 Å². The molecule has 1 aromatic carbocycles. The van der Waals surface area contributed by atoms with E-state index >= 15 is 0 Å². The molecule has 0 aliphatic carbocycles. The van der Waals surface area contributed by atoms with Crippen molar-refractivity contribution in [3.8, 4) is 5.88 Å². The lowest BCUT2D eigenvalue weighted by Crippen LogP contribution is -2.22. The van der Waals surface area contributed by atoms with Gasteiger partial charge in [0, 0.05) is 23.7 Å². The van der Waals surface area contributed by atoms with Crippen molar-refractivity contribution in [1.82, 2.24) is 10.3 Å². The van der Waals surface area contributed by atoms with E-state index < -0.39 is 0 Å². The van der Waals surface area contributed by atoms with Crippen molar-refractivity contribution < 1.29 is 4.74 Å². The summed E-state index contributed by atoms with van der Waals surface area (Å²) in [6.45, 7) is 5.19. The van der Waals surface area contributed by atoms with E-state index in [2.05, 4.69) is 24.1 Å². The first-order valence-electron chi connectivity index (χ1n) is 6.80. The van der Waals surface area contributed by atoms with Gasteiger partial charge >= 0.3 is 0 Å². The Kier molecular flexibility index (Phi) is 5.85. The molecule has 1 N–H and O–H groups in total. The lowest BCUT2D eigenvalue weighted by Gasteiger charge is -2.11. The number of halogens is 2. The number of benzene rings is 1. The third-order valence-electron chi connectivity index (χ3n) is 2.85. The highest BCUT2D eigenvalue weighted by atomic mass is 35.5. The minimum atomic E-state index is 0.374. The van der Waals surface area contributed by atoms with Gasteiger partial charge in [0.1, 0.15) is 6.61 Å². The molecule has 5 heteroatoms. The molecule has 0 fully saturated rings. The van der Waals surface area contributed by atoms with Gasteiger partial charge in [-0.15, -0.1) is 0 Å². The van der Waals surface area contributed by atoms with Gasteiger partial charge in [-0.1, -0.05) is 49.2 Å². The predicted octanol–water partition coefficient (Wildman–Crippen LogP) is 4.47. The molecular formula is C16H18Cl2N2O. The quantitative estimate of drug-likeness (QED) is 0.851. The molecule has 21 heavy (non-hydrogen) atoms. The maximum absolute atomic E-state index is 6.14. The van der Waals surface area contributed by atoms with Crippen LogP contribution in [0, 0.1) is 0 Å². The first-order chi connectivity index (χ1) is 10.0. The summed E-state index contributed by atoms with van der Waals surface area (Å²) in [4.78, 5) is 4.43. The minimum absolute atomic E-state index is 0.374. The fraction of sp³-hybridized carbons (Fsp3) is 0.312. The molecule has 0 atom stereocenters. The van der Waals surface area contributed by atoms with Crippen LogP contribution in [0.1, 0.15) is 25.1 Å². The fourth-order valence-corrected chi connectivity index (χ4v) is 2.14. The zero-order valence-corrected chi connectivity index (χ0v) is 13.6. The summed E-state index contributed by atoms with van der Waals surface area (Å²) >= 11 is 12.1. The van der Waals surface area contributed by atoms with Gasteiger partial charge in [0.25, 0.3) is 0 Å². The Hall–Kier alpha value is -1.29. The molecule has 0 saturated heterocycles. The van der Waals surface area contributed by atoms with Gasteiger partial charge in [0.2, 0.25) is 5.88 Å². The molecule has 0 bridgehead atoms. The molecule has 1 heterocycles. The first-order valence-corrected chi connectivity index (χ1v) is 7.56. The standard InChI is InChI=1S/C16H18Cl2N2O/c1-11(2)19-9-15-14(18)6-7-16(20-15)21-10-12-4-3-5-13(17)8-12/h3-8,11,19H,9-10H2,1-2H3. The maximum atomic E-state index is 6.14. The normalized spacial score (nSPS) is 10.9. The highest BCUT2D eigenvalue weighted by Gasteiger charge is 2.06. The average molecular weight is 325 g/mol. The largest absolute Gasteiger partial charge is 0.473 e. The van der Waals surface area contributed by atoms with E-state index in [9.17, 15) is 0 Å². The molecule has 0 aliphatic rings. The smallest absolute Gasteiger partial charge is 0.213 e. The van der Waals surface area contributed by atoms with Crippen LogP contribution in [0.25, 0.3) is 0 Å². The number of pyridine rings is 1. The van der Waals surface area contributed by atoms with E-state index in [1.54, 1.807) is 12.1 Å². The second-order valence-electron chi connectivity index (χ2n) is 5.03. The Bertz CT molecular complexity index is 603. The van der Waals surface area contributed by atoms with E-state index in [0.29, 0.717) is 35.1 Å². The number of aromatic nitrogens is 1. The number of rotatable bonds is 6. The van der Waals surface area contributed by atoms with Crippen LogP contribution in [0.5, 0.6) is 5.88 Å². The topological polar surface area (TPSA) is 34.2 Å². The third-order valence-corrected chi connectivity index (χ3v) is 3.43. The highest BCUT2D eigenvalue weighted by Crippen LogP contribution is 2.19. The van der Waals surface area contributed by atoms with E-state index in [-0.39, 0.29) is 0 Å². The lowest BCUT2D eigenvalue weighted by atomic mass is 10.2. The van der Waals surface area contributed by atoms with Crippen molar-refractivity contribution in [1.29, 1.82) is 0 Å². The first kappa shape index (κ1) is 16.1. The molecule has 0 saturated carbocycles. The van der Waals surface area contributed by atoms with Crippen molar-refractivity contribution >= 4 is 23.2 Å². The molecule has 112 valence electrons. The molecule has 0 aliphatic heterocycles. The lowest BCUT2D eigenvalue weighted by molar-refractivity contribution is 0.292. The van der Waals surface area contributed by atoms with Crippen molar-refractivity contribution in [3.63, 3.8) is 0 Å². The predicted molar refractivity (Wildman–Crippen MR) is 87.0 cm³/mol. The summed E-state index contributed by atoms with van der Waals surface area (Å²) in [5, 5.41) is 4.62. The van der Waals surface area contributed by atoms with Gasteiger partial charge in [0.15, 0.2) is 0 Å². The fourth-order valence-electron chi connectivity index (χ4n) is 1.75. The van der Waals surface area contributed by atoms with Crippen LogP contribution in [-0.4, -0.2) is 11.0 Å². The Morgan fingerprint density at radius 3 is 2.71 bits per heavy atom. The maximum Gasteiger partial charge on any atom is 0.213 e. The van der Waals surface area contributed by atoms with Crippen LogP contribution in [0.2, 0.25) is 10.0 Å². The van der Waals surface area contributed by atoms with Gasteiger partial charge in [-0.3, -0.25) is 0 Å². The van der Waals surface area contributed by atoms with Gasteiger partial charge in [-0.05, 0) is 23.8 Å². The summed E-state index contributed by atoms with van der Waals surface area (Å²) in [5.74, 6) is 0.555. The zero-order chi connectivity index (χ0) is 15.2. The Morgan fingerprint density at radius 1 is 1.19 bits per heavy atom. The van der Waals surface area contributed by atoms with Crippen LogP contribution >= 0.6 is 23.2 Å². The summed E-state index contributed by atoms with van der Waals surface area (Å²) in [7, 11) is 0. The molecule has 2 rings (SSSR count). The highest BCUT2D eigenvalue weighted by molar-refractivity contribution is 6.31. The van der Waals surface area contributed by atoms with E-state index in [0.717, 1.165) is 11.3 Å². The van der Waals surface area contributed by atoms with E-state index in [1.165, 1.54) is 0 Å². The van der Waals surface area contributed by atoms with Crippen molar-refractivity contribution in [2.24, 2.45) is 0 Å². The van der Waals surface area contributed by atoms with Crippen molar-refractivity contribution in [3.05, 3.63) is 57.7 Å². The molecule has 0 spiro atoms. The summed E-state index contributed by atoms with van der Waals surface area (Å²) in [5.41, 5.74) is 1.79. The Balaban J connectivity index is 2.01. The monoisotopic (exact) mass is 324 g/mol. The average Bonchev–Trinajstić information content (AvgIpc) is 2.45. The molecule has 1 aromatic heterocycles. The van der Waals surface area contributed by atoms with Gasteiger partial charge in [0.05, 0.1) is 10.7 Å². The summed E-state index contributed by atoms with van der Waals surface area (Å²) < 4.78 is 5.69. The second kappa shape index (κ2) is 7.64. The van der Waals surface area contributed by atoms with Gasteiger partial charge in [-0.25, -0.2) is 4.98 Å². The number of hydrogen-bond acceptors (Lipinski definition) is 3. The van der Waals surface area contributed by atoms with Gasteiger partial charge < -0.3 is 10.1 Å². The van der Waals surface area contributed by atoms with Crippen molar-refractivity contribution in [2.45, 2.75) is 33.0 Å². The van der Waals surface area contributed by atoms with Crippen LogP contribution in [-0.2, 0) is 13.2 Å². The Labute approximate surface area is 135 Å². The number of nitrogens with one attached hydrogen (secondary N) is 1. The van der Waals surface area contributed by atoms with Crippen LogP contribution in [0.3, 0.4) is 0 Å². The van der Waals surface area contributed by atoms with E-state index in [4.69, 9.17) is 27.9 Å².